The highest BCUT2D eigenvalue weighted by molar-refractivity contribution is 6.06. The highest BCUT2D eigenvalue weighted by Crippen LogP contribution is 2.22. The van der Waals surface area contributed by atoms with E-state index < -0.39 is 0 Å². The van der Waals surface area contributed by atoms with Gasteiger partial charge in [0.1, 0.15) is 23.2 Å². The van der Waals surface area contributed by atoms with E-state index in [4.69, 9.17) is 9.68 Å². The van der Waals surface area contributed by atoms with E-state index >= 15 is 0 Å². The Morgan fingerprint density at radius 2 is 2.11 bits per heavy atom. The topological polar surface area (TPSA) is 83.8 Å². The summed E-state index contributed by atoms with van der Waals surface area (Å²) in [5.41, 5.74) is 1.61. The van der Waals surface area contributed by atoms with E-state index in [1.54, 1.807) is 27.1 Å². The number of nitriles is 1. The number of hydrogen-bond donors (Lipinski definition) is 1. The molecule has 0 saturated carbocycles. The van der Waals surface area contributed by atoms with E-state index in [1.165, 1.54) is 4.68 Å². The van der Waals surface area contributed by atoms with Crippen molar-refractivity contribution in [2.75, 3.05) is 5.32 Å². The number of furan rings is 1. The standard InChI is InChI=1S/C13H14N4O2/c1-7-8(2)19-9(3)11(7)13(18)15-12-10(5-14)6-17(4)16-12/h6H,1-4H3,(H,15,16,18). The summed E-state index contributed by atoms with van der Waals surface area (Å²) in [4.78, 5) is 12.2. The zero-order valence-corrected chi connectivity index (χ0v) is 11.2. The summed E-state index contributed by atoms with van der Waals surface area (Å²) >= 11 is 0. The number of carbonyl (C=O) groups excluding carboxylic acids is 1. The zero-order valence-electron chi connectivity index (χ0n) is 11.2. The van der Waals surface area contributed by atoms with Gasteiger partial charge in [0, 0.05) is 18.8 Å². The molecule has 0 fully saturated rings. The highest BCUT2D eigenvalue weighted by Gasteiger charge is 2.20. The van der Waals surface area contributed by atoms with Crippen LogP contribution in [-0.2, 0) is 7.05 Å². The van der Waals surface area contributed by atoms with Crippen molar-refractivity contribution in [1.82, 2.24) is 9.78 Å². The molecule has 0 bridgehead atoms. The second kappa shape index (κ2) is 4.61. The van der Waals surface area contributed by atoms with Crippen LogP contribution in [0.15, 0.2) is 10.6 Å². The average molecular weight is 258 g/mol. The fourth-order valence-electron chi connectivity index (χ4n) is 1.96. The van der Waals surface area contributed by atoms with Crippen LogP contribution in [0.25, 0.3) is 0 Å². The lowest BCUT2D eigenvalue weighted by Gasteiger charge is -2.02. The third-order valence-electron chi connectivity index (χ3n) is 2.97. The van der Waals surface area contributed by atoms with Gasteiger partial charge in [-0.3, -0.25) is 9.48 Å². The van der Waals surface area contributed by atoms with Gasteiger partial charge in [0.2, 0.25) is 0 Å². The molecule has 0 aliphatic rings. The number of rotatable bonds is 2. The van der Waals surface area contributed by atoms with Crippen molar-refractivity contribution >= 4 is 11.7 Å². The van der Waals surface area contributed by atoms with Gasteiger partial charge in [0.15, 0.2) is 5.82 Å². The normalized spacial score (nSPS) is 10.3. The minimum absolute atomic E-state index is 0.257. The molecule has 2 heterocycles. The summed E-state index contributed by atoms with van der Waals surface area (Å²) in [7, 11) is 1.69. The van der Waals surface area contributed by atoms with Gasteiger partial charge in [-0.1, -0.05) is 0 Å². The first-order valence-electron chi connectivity index (χ1n) is 5.75. The minimum atomic E-state index is -0.318. The lowest BCUT2D eigenvalue weighted by molar-refractivity contribution is 0.102. The van der Waals surface area contributed by atoms with E-state index in [9.17, 15) is 4.79 Å². The quantitative estimate of drug-likeness (QED) is 0.893. The first kappa shape index (κ1) is 12.9. The van der Waals surface area contributed by atoms with Crippen molar-refractivity contribution in [3.05, 3.63) is 34.4 Å². The van der Waals surface area contributed by atoms with Crippen LogP contribution in [0.4, 0.5) is 5.82 Å². The fourth-order valence-corrected chi connectivity index (χ4v) is 1.96. The van der Waals surface area contributed by atoms with Gasteiger partial charge < -0.3 is 9.73 Å². The number of nitrogens with one attached hydrogen (secondary N) is 1. The van der Waals surface area contributed by atoms with Gasteiger partial charge in [-0.25, -0.2) is 0 Å². The zero-order chi connectivity index (χ0) is 14.2. The molecule has 0 radical (unpaired) electrons. The van der Waals surface area contributed by atoms with E-state index in [2.05, 4.69) is 10.4 Å². The van der Waals surface area contributed by atoms with Gasteiger partial charge >= 0.3 is 0 Å². The van der Waals surface area contributed by atoms with Gasteiger partial charge in [-0.15, -0.1) is 0 Å². The van der Waals surface area contributed by atoms with Crippen molar-refractivity contribution in [1.29, 1.82) is 5.26 Å². The van der Waals surface area contributed by atoms with Gasteiger partial charge in [0.05, 0.1) is 5.56 Å². The Hall–Kier alpha value is -2.55. The molecule has 2 rings (SSSR count). The molecule has 0 atom stereocenters. The molecule has 2 aromatic heterocycles. The van der Waals surface area contributed by atoms with E-state index in [0.717, 1.165) is 5.56 Å². The van der Waals surface area contributed by atoms with Crippen LogP contribution < -0.4 is 5.32 Å². The first-order chi connectivity index (χ1) is 8.93. The van der Waals surface area contributed by atoms with Crippen LogP contribution in [-0.4, -0.2) is 15.7 Å². The summed E-state index contributed by atoms with van der Waals surface area (Å²) in [5, 5.41) is 15.6. The predicted molar refractivity (Wildman–Crippen MR) is 68.8 cm³/mol. The Balaban J connectivity index is 2.34. The number of amides is 1. The lowest BCUT2D eigenvalue weighted by Crippen LogP contribution is -2.14. The summed E-state index contributed by atoms with van der Waals surface area (Å²) in [6, 6.07) is 1.99. The minimum Gasteiger partial charge on any atom is -0.466 e. The smallest absolute Gasteiger partial charge is 0.260 e. The molecule has 2 aromatic rings. The third kappa shape index (κ3) is 2.22. The average Bonchev–Trinajstić information content (AvgIpc) is 2.80. The molecule has 0 aliphatic carbocycles. The number of aromatic nitrogens is 2. The maximum atomic E-state index is 12.2. The Morgan fingerprint density at radius 1 is 1.42 bits per heavy atom. The maximum absolute atomic E-state index is 12.2. The Kier molecular flexibility index (Phi) is 3.13. The monoisotopic (exact) mass is 258 g/mol. The fraction of sp³-hybridized carbons (Fsp3) is 0.308. The molecule has 0 saturated heterocycles. The molecule has 6 nitrogen and oxygen atoms in total. The summed E-state index contributed by atoms with van der Waals surface area (Å²) in [5.74, 6) is 1.21. The van der Waals surface area contributed by atoms with Crippen LogP contribution in [0.2, 0.25) is 0 Å². The summed E-state index contributed by atoms with van der Waals surface area (Å²) < 4.78 is 6.90. The van der Waals surface area contributed by atoms with Crippen molar-refractivity contribution in [2.24, 2.45) is 7.05 Å². The molecular formula is C13H14N4O2. The van der Waals surface area contributed by atoms with Crippen molar-refractivity contribution in [2.45, 2.75) is 20.8 Å². The molecular weight excluding hydrogens is 244 g/mol. The molecule has 0 aromatic carbocycles. The lowest BCUT2D eigenvalue weighted by atomic mass is 10.1. The number of aryl methyl sites for hydroxylation is 3. The predicted octanol–water partition coefficient (Wildman–Crippen LogP) is 2.06. The molecule has 19 heavy (non-hydrogen) atoms. The van der Waals surface area contributed by atoms with Crippen LogP contribution in [0.3, 0.4) is 0 Å². The third-order valence-corrected chi connectivity index (χ3v) is 2.97. The van der Waals surface area contributed by atoms with Crippen LogP contribution >= 0.6 is 0 Å². The maximum Gasteiger partial charge on any atom is 0.260 e. The Morgan fingerprint density at radius 3 is 2.63 bits per heavy atom. The highest BCUT2D eigenvalue weighted by atomic mass is 16.3. The summed E-state index contributed by atoms with van der Waals surface area (Å²) in [6.45, 7) is 5.36. The number of nitrogens with zero attached hydrogens (tertiary/aromatic N) is 3. The molecule has 0 aliphatic heterocycles. The van der Waals surface area contributed by atoms with Crippen molar-refractivity contribution in [3.8, 4) is 6.07 Å². The van der Waals surface area contributed by atoms with E-state index in [0.29, 0.717) is 22.6 Å². The first-order valence-corrected chi connectivity index (χ1v) is 5.75. The number of carbonyl (C=O) groups is 1. The van der Waals surface area contributed by atoms with Crippen LogP contribution in [0.5, 0.6) is 0 Å². The van der Waals surface area contributed by atoms with Crippen molar-refractivity contribution < 1.29 is 9.21 Å². The Labute approximate surface area is 110 Å². The molecule has 98 valence electrons. The van der Waals surface area contributed by atoms with Gasteiger partial charge in [-0.05, 0) is 20.8 Å². The number of anilines is 1. The van der Waals surface area contributed by atoms with E-state index in [1.807, 2.05) is 13.0 Å². The van der Waals surface area contributed by atoms with E-state index in [-0.39, 0.29) is 11.7 Å². The summed E-state index contributed by atoms with van der Waals surface area (Å²) in [6.07, 6.45) is 1.55. The molecule has 0 spiro atoms. The van der Waals surface area contributed by atoms with Crippen LogP contribution in [0, 0.1) is 32.1 Å². The second-order valence-electron chi connectivity index (χ2n) is 4.35. The SMILES string of the molecule is Cc1oc(C)c(C(=O)Nc2nn(C)cc2C#N)c1C. The Bertz CT molecular complexity index is 688. The second-order valence-corrected chi connectivity index (χ2v) is 4.35. The van der Waals surface area contributed by atoms with Crippen LogP contribution in [0.1, 0.15) is 33.0 Å². The molecule has 6 heteroatoms. The largest absolute Gasteiger partial charge is 0.466 e. The van der Waals surface area contributed by atoms with Gasteiger partial charge in [-0.2, -0.15) is 10.4 Å². The molecule has 1 amide bonds. The van der Waals surface area contributed by atoms with Crippen molar-refractivity contribution in [3.63, 3.8) is 0 Å². The molecule has 1 N–H and O–H groups in total. The number of hydrogen-bond acceptors (Lipinski definition) is 4. The molecule has 0 unspecified atom stereocenters. The van der Waals surface area contributed by atoms with Gasteiger partial charge in [0.25, 0.3) is 5.91 Å².